The predicted octanol–water partition coefficient (Wildman–Crippen LogP) is 2.94. The zero-order valence-electron chi connectivity index (χ0n) is 15.5. The van der Waals surface area contributed by atoms with Crippen LogP contribution in [0.5, 0.6) is 0 Å². The Morgan fingerprint density at radius 2 is 2.00 bits per heavy atom. The van der Waals surface area contributed by atoms with Gasteiger partial charge in [0.05, 0.1) is 11.7 Å². The molecular weight excluding hydrogens is 340 g/mol. The lowest BCUT2D eigenvalue weighted by atomic mass is 10.0. The maximum absolute atomic E-state index is 13.0. The normalized spacial score (nSPS) is 16.7. The number of hydrogen-bond donors (Lipinski definition) is 1. The molecule has 3 aromatic rings. The number of aromatic nitrogens is 3. The molecule has 1 aromatic carbocycles. The number of H-pyrrole nitrogens is 1. The number of rotatable bonds is 3. The quantitative estimate of drug-likeness (QED) is 0.779. The van der Waals surface area contributed by atoms with Crippen LogP contribution in [0.3, 0.4) is 0 Å². The number of pyridine rings is 1. The van der Waals surface area contributed by atoms with E-state index in [0.29, 0.717) is 12.1 Å². The number of likely N-dealkylation sites (tertiary alicyclic amines) is 1. The number of hydrogen-bond acceptors (Lipinski definition) is 3. The molecule has 1 fully saturated rings. The van der Waals surface area contributed by atoms with Crippen LogP contribution in [-0.4, -0.2) is 38.7 Å². The number of carbonyl (C=O) groups is 1. The molecule has 0 unspecified atom stereocenters. The molecule has 6 nitrogen and oxygen atoms in total. The van der Waals surface area contributed by atoms with E-state index in [1.54, 1.807) is 12.3 Å². The Labute approximate surface area is 157 Å². The van der Waals surface area contributed by atoms with E-state index < -0.39 is 0 Å². The third kappa shape index (κ3) is 3.43. The molecular formula is C21H22N4O2. The highest BCUT2D eigenvalue weighted by Crippen LogP contribution is 2.26. The summed E-state index contributed by atoms with van der Waals surface area (Å²) in [7, 11) is 0. The van der Waals surface area contributed by atoms with E-state index in [2.05, 4.69) is 23.1 Å². The molecule has 4 rings (SSSR count). The van der Waals surface area contributed by atoms with Crippen molar-refractivity contribution < 1.29 is 4.79 Å². The monoisotopic (exact) mass is 362 g/mol. The van der Waals surface area contributed by atoms with Gasteiger partial charge in [-0.2, -0.15) is 5.10 Å². The largest absolute Gasteiger partial charge is 0.336 e. The molecule has 0 saturated carbocycles. The molecule has 0 bridgehead atoms. The minimum Gasteiger partial charge on any atom is -0.336 e. The number of amides is 1. The van der Waals surface area contributed by atoms with E-state index in [9.17, 15) is 9.59 Å². The minimum atomic E-state index is -0.141. The lowest BCUT2D eigenvalue weighted by Crippen LogP contribution is -2.29. The lowest BCUT2D eigenvalue weighted by molar-refractivity contribution is 0.0787. The van der Waals surface area contributed by atoms with Crippen LogP contribution in [0.4, 0.5) is 0 Å². The number of nitrogens with one attached hydrogen (secondary N) is 1. The first-order valence-electron chi connectivity index (χ1n) is 9.12. The molecule has 2 aromatic heterocycles. The molecule has 6 heteroatoms. The van der Waals surface area contributed by atoms with Crippen molar-refractivity contribution in [3.8, 4) is 11.1 Å². The van der Waals surface area contributed by atoms with Gasteiger partial charge in [0.1, 0.15) is 0 Å². The molecule has 1 amide bonds. The van der Waals surface area contributed by atoms with E-state index in [1.165, 1.54) is 6.07 Å². The van der Waals surface area contributed by atoms with Crippen LogP contribution < -0.4 is 5.56 Å². The van der Waals surface area contributed by atoms with Gasteiger partial charge < -0.3 is 9.88 Å². The first kappa shape index (κ1) is 17.3. The van der Waals surface area contributed by atoms with Crippen molar-refractivity contribution in [1.29, 1.82) is 0 Å². The first-order chi connectivity index (χ1) is 13.0. The predicted molar refractivity (Wildman–Crippen MR) is 104 cm³/mol. The van der Waals surface area contributed by atoms with Crippen molar-refractivity contribution in [2.75, 3.05) is 13.1 Å². The van der Waals surface area contributed by atoms with Gasteiger partial charge in [0, 0.05) is 36.6 Å². The van der Waals surface area contributed by atoms with Crippen molar-refractivity contribution in [3.63, 3.8) is 0 Å². The van der Waals surface area contributed by atoms with E-state index in [0.717, 1.165) is 35.5 Å². The molecule has 3 heterocycles. The highest BCUT2D eigenvalue weighted by atomic mass is 16.2. The number of carbonyl (C=O) groups excluding carboxylic acids is 1. The van der Waals surface area contributed by atoms with E-state index in [-0.39, 0.29) is 17.5 Å². The molecule has 1 aliphatic rings. The summed E-state index contributed by atoms with van der Waals surface area (Å²) in [6.45, 7) is 5.44. The summed E-state index contributed by atoms with van der Waals surface area (Å²) < 4.78 is 2.04. The number of nitrogens with zero attached hydrogens (tertiary/aromatic N) is 3. The fourth-order valence-corrected chi connectivity index (χ4v) is 3.75. The maximum atomic E-state index is 13.0. The summed E-state index contributed by atoms with van der Waals surface area (Å²) >= 11 is 0. The zero-order valence-corrected chi connectivity index (χ0v) is 15.5. The molecule has 0 aliphatic carbocycles. The molecule has 0 spiro atoms. The van der Waals surface area contributed by atoms with Gasteiger partial charge in [-0.15, -0.1) is 0 Å². The second kappa shape index (κ2) is 6.87. The topological polar surface area (TPSA) is 71.0 Å². The fraction of sp³-hybridized carbons (Fsp3) is 0.286. The van der Waals surface area contributed by atoms with E-state index in [1.807, 2.05) is 40.8 Å². The Hall–Kier alpha value is -3.15. The second-order valence-corrected chi connectivity index (χ2v) is 7.09. The van der Waals surface area contributed by atoms with Crippen LogP contribution in [0.15, 0.2) is 53.5 Å². The Bertz CT molecular complexity index is 1030. The molecule has 0 radical (unpaired) electrons. The SMILES string of the molecule is Cc1cc(C)n([C@@H]2CCN(C(=O)c3cccc(-c4ccc(=O)[nH]c4)c3)C2)n1. The third-order valence-corrected chi connectivity index (χ3v) is 5.07. The zero-order chi connectivity index (χ0) is 19.0. The van der Waals surface area contributed by atoms with Gasteiger partial charge in [0.25, 0.3) is 5.91 Å². The maximum Gasteiger partial charge on any atom is 0.253 e. The highest BCUT2D eigenvalue weighted by molar-refractivity contribution is 5.95. The van der Waals surface area contributed by atoms with Gasteiger partial charge in [-0.3, -0.25) is 14.3 Å². The molecule has 1 aliphatic heterocycles. The average molecular weight is 362 g/mol. The van der Waals surface area contributed by atoms with Crippen LogP contribution in [0.25, 0.3) is 11.1 Å². The summed E-state index contributed by atoms with van der Waals surface area (Å²) in [4.78, 5) is 28.8. The van der Waals surface area contributed by atoms with Crippen molar-refractivity contribution in [1.82, 2.24) is 19.7 Å². The van der Waals surface area contributed by atoms with Crippen LogP contribution in [-0.2, 0) is 0 Å². The highest BCUT2D eigenvalue weighted by Gasteiger charge is 2.29. The molecule has 1 saturated heterocycles. The van der Waals surface area contributed by atoms with Gasteiger partial charge in [0.15, 0.2) is 0 Å². The van der Waals surface area contributed by atoms with Crippen LogP contribution in [0.1, 0.15) is 34.2 Å². The fourth-order valence-electron chi connectivity index (χ4n) is 3.75. The van der Waals surface area contributed by atoms with Gasteiger partial charge in [-0.25, -0.2) is 0 Å². The van der Waals surface area contributed by atoms with Gasteiger partial charge in [-0.05, 0) is 55.7 Å². The number of benzene rings is 1. The lowest BCUT2D eigenvalue weighted by Gasteiger charge is -2.18. The van der Waals surface area contributed by atoms with Gasteiger partial charge in [-0.1, -0.05) is 12.1 Å². The average Bonchev–Trinajstić information content (AvgIpc) is 3.28. The van der Waals surface area contributed by atoms with Crippen molar-refractivity contribution in [3.05, 3.63) is 76.0 Å². The summed E-state index contributed by atoms with van der Waals surface area (Å²) in [5.74, 6) is 0.0327. The summed E-state index contributed by atoms with van der Waals surface area (Å²) in [6.07, 6.45) is 2.58. The number of aryl methyl sites for hydroxylation is 2. The summed E-state index contributed by atoms with van der Waals surface area (Å²) in [5, 5.41) is 4.57. The third-order valence-electron chi connectivity index (χ3n) is 5.07. The van der Waals surface area contributed by atoms with Crippen molar-refractivity contribution in [2.24, 2.45) is 0 Å². The van der Waals surface area contributed by atoms with E-state index in [4.69, 9.17) is 0 Å². The Kier molecular flexibility index (Phi) is 4.39. The molecule has 27 heavy (non-hydrogen) atoms. The van der Waals surface area contributed by atoms with Gasteiger partial charge in [0.2, 0.25) is 5.56 Å². The minimum absolute atomic E-state index is 0.0327. The Morgan fingerprint density at radius 3 is 2.70 bits per heavy atom. The Balaban J connectivity index is 1.53. The second-order valence-electron chi connectivity index (χ2n) is 7.09. The standard InChI is InChI=1S/C21H22N4O2/c1-14-10-15(2)25(23-14)19-8-9-24(13-19)21(27)17-5-3-4-16(11-17)18-6-7-20(26)22-12-18/h3-7,10-12,19H,8-9,13H2,1-2H3,(H,22,26)/t19-/m1/s1. The smallest absolute Gasteiger partial charge is 0.253 e. The van der Waals surface area contributed by atoms with Crippen LogP contribution in [0, 0.1) is 13.8 Å². The van der Waals surface area contributed by atoms with Crippen LogP contribution in [0.2, 0.25) is 0 Å². The van der Waals surface area contributed by atoms with Crippen molar-refractivity contribution in [2.45, 2.75) is 26.3 Å². The van der Waals surface area contributed by atoms with Crippen molar-refractivity contribution >= 4 is 5.91 Å². The molecule has 1 atom stereocenters. The van der Waals surface area contributed by atoms with Gasteiger partial charge >= 0.3 is 0 Å². The Morgan fingerprint density at radius 1 is 1.15 bits per heavy atom. The summed E-state index contributed by atoms with van der Waals surface area (Å²) in [5.41, 5.74) is 4.45. The summed E-state index contributed by atoms with van der Waals surface area (Å²) in [6, 6.07) is 13.1. The first-order valence-corrected chi connectivity index (χ1v) is 9.12. The van der Waals surface area contributed by atoms with E-state index >= 15 is 0 Å². The van der Waals surface area contributed by atoms with Crippen LogP contribution >= 0.6 is 0 Å². The molecule has 138 valence electrons. The molecule has 1 N–H and O–H groups in total. The number of aromatic amines is 1.